The summed E-state index contributed by atoms with van der Waals surface area (Å²) in [6.07, 6.45) is 3.55. The van der Waals surface area contributed by atoms with Crippen LogP contribution in [0, 0.1) is 6.92 Å². The molecule has 1 aliphatic rings. The van der Waals surface area contributed by atoms with Crippen LogP contribution in [0.3, 0.4) is 0 Å². The minimum atomic E-state index is -0.229. The number of rotatable bonds is 3. The molecule has 4 nitrogen and oxygen atoms in total. The van der Waals surface area contributed by atoms with E-state index in [1.54, 1.807) is 6.07 Å². The summed E-state index contributed by atoms with van der Waals surface area (Å²) in [6.45, 7) is 3.89. The minimum absolute atomic E-state index is 0.229. The number of anilines is 2. The van der Waals surface area contributed by atoms with Gasteiger partial charge in [-0.15, -0.1) is 0 Å². The molecule has 2 aromatic carbocycles. The van der Waals surface area contributed by atoms with Crippen molar-refractivity contribution in [1.82, 2.24) is 5.32 Å². The summed E-state index contributed by atoms with van der Waals surface area (Å²) in [6, 6.07) is 13.1. The summed E-state index contributed by atoms with van der Waals surface area (Å²) in [5.74, 6) is -0.229. The number of piperidine rings is 1. The molecule has 2 N–H and O–H groups in total. The third kappa shape index (κ3) is 4.54. The van der Waals surface area contributed by atoms with Crippen molar-refractivity contribution in [3.63, 3.8) is 0 Å². The number of amides is 1. The van der Waals surface area contributed by atoms with Gasteiger partial charge in [0.2, 0.25) is 0 Å². The van der Waals surface area contributed by atoms with Crippen molar-refractivity contribution < 1.29 is 4.79 Å². The van der Waals surface area contributed by atoms with E-state index in [0.717, 1.165) is 42.9 Å². The van der Waals surface area contributed by atoms with Gasteiger partial charge < -0.3 is 10.2 Å². The Bertz CT molecular complexity index is 818. The Labute approximate surface area is 164 Å². The van der Waals surface area contributed by atoms with E-state index in [2.05, 4.69) is 15.5 Å². The Hall–Kier alpha value is -2.11. The maximum Gasteiger partial charge on any atom is 0.257 e. The molecule has 1 fully saturated rings. The third-order valence-electron chi connectivity index (χ3n) is 4.41. The van der Waals surface area contributed by atoms with E-state index in [4.69, 9.17) is 23.8 Å². The summed E-state index contributed by atoms with van der Waals surface area (Å²) in [5.41, 5.74) is 3.37. The fourth-order valence-electron chi connectivity index (χ4n) is 3.17. The van der Waals surface area contributed by atoms with Gasteiger partial charge in [0.05, 0.1) is 16.4 Å². The predicted octanol–water partition coefficient (Wildman–Crippen LogP) is 4.77. The molecule has 0 radical (unpaired) electrons. The van der Waals surface area contributed by atoms with Crippen LogP contribution in [0.5, 0.6) is 0 Å². The van der Waals surface area contributed by atoms with Gasteiger partial charge in [-0.05, 0) is 62.7 Å². The number of para-hydroxylation sites is 1. The van der Waals surface area contributed by atoms with Gasteiger partial charge in [0.15, 0.2) is 5.11 Å². The molecule has 0 saturated carbocycles. The molecular formula is C20H22ClN3OS. The summed E-state index contributed by atoms with van der Waals surface area (Å²) >= 11 is 11.8. The molecule has 6 heteroatoms. The Morgan fingerprint density at radius 3 is 2.58 bits per heavy atom. The van der Waals surface area contributed by atoms with Crippen LogP contribution in [0.15, 0.2) is 42.5 Å². The fraction of sp³-hybridized carbons (Fsp3) is 0.300. The molecule has 0 spiro atoms. The second kappa shape index (κ2) is 8.52. The van der Waals surface area contributed by atoms with Gasteiger partial charge in [0, 0.05) is 18.7 Å². The standard InChI is InChI=1S/C20H22ClN3OS/c1-14-7-5-8-15(13-14)19(25)23-20(26)22-17-10-6-9-16(21)18(17)24-11-3-2-4-12-24/h5-10,13H,2-4,11-12H2,1H3,(H2,22,23,25,26). The average molecular weight is 388 g/mol. The highest BCUT2D eigenvalue weighted by Gasteiger charge is 2.18. The number of halogens is 1. The highest BCUT2D eigenvalue weighted by atomic mass is 35.5. The lowest BCUT2D eigenvalue weighted by Crippen LogP contribution is -2.35. The van der Waals surface area contributed by atoms with Crippen LogP contribution >= 0.6 is 23.8 Å². The number of nitrogens with one attached hydrogen (secondary N) is 2. The first-order chi connectivity index (χ1) is 12.5. The molecule has 136 valence electrons. The molecule has 1 heterocycles. The first-order valence-corrected chi connectivity index (χ1v) is 9.55. The Balaban J connectivity index is 1.73. The topological polar surface area (TPSA) is 44.4 Å². The maximum absolute atomic E-state index is 12.4. The second-order valence-corrected chi connectivity index (χ2v) is 7.28. The van der Waals surface area contributed by atoms with Crippen molar-refractivity contribution in [2.75, 3.05) is 23.3 Å². The molecule has 3 rings (SSSR count). The molecule has 0 aromatic heterocycles. The summed E-state index contributed by atoms with van der Waals surface area (Å²) in [4.78, 5) is 14.7. The van der Waals surface area contributed by atoms with Crippen molar-refractivity contribution in [1.29, 1.82) is 0 Å². The lowest BCUT2D eigenvalue weighted by molar-refractivity contribution is 0.0977. The van der Waals surface area contributed by atoms with Gasteiger partial charge >= 0.3 is 0 Å². The van der Waals surface area contributed by atoms with E-state index in [9.17, 15) is 4.79 Å². The number of aryl methyl sites for hydroxylation is 1. The van der Waals surface area contributed by atoms with Gasteiger partial charge in [-0.3, -0.25) is 10.1 Å². The van der Waals surface area contributed by atoms with E-state index in [-0.39, 0.29) is 11.0 Å². The zero-order valence-electron chi connectivity index (χ0n) is 14.7. The summed E-state index contributed by atoms with van der Waals surface area (Å²) in [7, 11) is 0. The van der Waals surface area contributed by atoms with E-state index in [1.807, 2.05) is 43.3 Å². The molecule has 1 saturated heterocycles. The van der Waals surface area contributed by atoms with Gasteiger partial charge in [-0.25, -0.2) is 0 Å². The number of hydrogen-bond donors (Lipinski definition) is 2. The number of thiocarbonyl (C=S) groups is 1. The number of nitrogens with zero attached hydrogens (tertiary/aromatic N) is 1. The van der Waals surface area contributed by atoms with Crippen molar-refractivity contribution >= 4 is 46.2 Å². The molecule has 1 amide bonds. The average Bonchev–Trinajstić information content (AvgIpc) is 2.62. The van der Waals surface area contributed by atoms with E-state index in [0.29, 0.717) is 10.6 Å². The summed E-state index contributed by atoms with van der Waals surface area (Å²) < 4.78 is 0. The minimum Gasteiger partial charge on any atom is -0.369 e. The normalized spacial score (nSPS) is 14.0. The first kappa shape index (κ1) is 18.7. The van der Waals surface area contributed by atoms with Crippen LogP contribution in [-0.2, 0) is 0 Å². The van der Waals surface area contributed by atoms with Crippen LogP contribution in [0.2, 0.25) is 5.02 Å². The molecular weight excluding hydrogens is 366 g/mol. The van der Waals surface area contributed by atoms with Crippen LogP contribution in [-0.4, -0.2) is 24.1 Å². The molecule has 2 aromatic rings. The zero-order chi connectivity index (χ0) is 18.5. The van der Waals surface area contributed by atoms with E-state index >= 15 is 0 Å². The van der Waals surface area contributed by atoms with Gasteiger partial charge in [0.25, 0.3) is 5.91 Å². The summed E-state index contributed by atoms with van der Waals surface area (Å²) in [5, 5.41) is 6.82. The van der Waals surface area contributed by atoms with Crippen LogP contribution in [0.1, 0.15) is 35.2 Å². The molecule has 0 unspecified atom stereocenters. The Kier molecular flexibility index (Phi) is 6.12. The van der Waals surface area contributed by atoms with Crippen LogP contribution in [0.4, 0.5) is 11.4 Å². The van der Waals surface area contributed by atoms with Crippen molar-refractivity contribution in [3.05, 3.63) is 58.6 Å². The first-order valence-electron chi connectivity index (χ1n) is 8.77. The largest absolute Gasteiger partial charge is 0.369 e. The number of benzene rings is 2. The monoisotopic (exact) mass is 387 g/mol. The van der Waals surface area contributed by atoms with Gasteiger partial charge in [-0.1, -0.05) is 35.4 Å². The molecule has 0 atom stereocenters. The second-order valence-electron chi connectivity index (χ2n) is 6.46. The maximum atomic E-state index is 12.4. The molecule has 26 heavy (non-hydrogen) atoms. The van der Waals surface area contributed by atoms with Gasteiger partial charge in [0.1, 0.15) is 0 Å². The predicted molar refractivity (Wildman–Crippen MR) is 112 cm³/mol. The molecule has 0 bridgehead atoms. The SMILES string of the molecule is Cc1cccc(C(=O)NC(=S)Nc2cccc(Cl)c2N2CCCCC2)c1. The molecule has 0 aliphatic carbocycles. The number of hydrogen-bond acceptors (Lipinski definition) is 3. The number of carbonyl (C=O) groups excluding carboxylic acids is 1. The fourth-order valence-corrected chi connectivity index (χ4v) is 3.67. The smallest absolute Gasteiger partial charge is 0.257 e. The lowest BCUT2D eigenvalue weighted by Gasteiger charge is -2.31. The third-order valence-corrected chi connectivity index (χ3v) is 4.92. The zero-order valence-corrected chi connectivity index (χ0v) is 16.3. The Morgan fingerprint density at radius 1 is 1.12 bits per heavy atom. The lowest BCUT2D eigenvalue weighted by atomic mass is 10.1. The van der Waals surface area contributed by atoms with Crippen molar-refractivity contribution in [2.45, 2.75) is 26.2 Å². The van der Waals surface area contributed by atoms with Crippen LogP contribution < -0.4 is 15.5 Å². The number of carbonyl (C=O) groups is 1. The Morgan fingerprint density at radius 2 is 1.85 bits per heavy atom. The molecule has 1 aliphatic heterocycles. The van der Waals surface area contributed by atoms with Crippen LogP contribution in [0.25, 0.3) is 0 Å². The van der Waals surface area contributed by atoms with Crippen molar-refractivity contribution in [3.8, 4) is 0 Å². The quantitative estimate of drug-likeness (QED) is 0.745. The highest BCUT2D eigenvalue weighted by molar-refractivity contribution is 7.80. The van der Waals surface area contributed by atoms with Gasteiger partial charge in [-0.2, -0.15) is 0 Å². The highest BCUT2D eigenvalue weighted by Crippen LogP contribution is 2.35. The van der Waals surface area contributed by atoms with E-state index in [1.165, 1.54) is 6.42 Å². The van der Waals surface area contributed by atoms with Crippen molar-refractivity contribution in [2.24, 2.45) is 0 Å². The van der Waals surface area contributed by atoms with E-state index < -0.39 is 0 Å².